The first-order chi connectivity index (χ1) is 13.5. The molecule has 2 N–H and O–H groups in total. The van der Waals surface area contributed by atoms with Gasteiger partial charge < -0.3 is 20.1 Å². The summed E-state index contributed by atoms with van der Waals surface area (Å²) in [5, 5.41) is 14.1. The first kappa shape index (κ1) is 20.5. The number of esters is 1. The fraction of sp³-hybridized carbons (Fsp3) is 0.409. The molecule has 0 radical (unpaired) electrons. The van der Waals surface area contributed by atoms with Crippen molar-refractivity contribution < 1.29 is 14.6 Å². The molecule has 0 aliphatic carbocycles. The third-order valence-corrected chi connectivity index (χ3v) is 5.50. The number of halogens is 1. The highest BCUT2D eigenvalue weighted by Crippen LogP contribution is 2.36. The molecule has 150 valence electrons. The summed E-state index contributed by atoms with van der Waals surface area (Å²) >= 11 is 6.01. The molecule has 1 saturated heterocycles. The number of hydrogen-bond donors (Lipinski definition) is 2. The standard InChI is InChI=1S/C22H27ClN2O3/c1-3-15(13-22(27)28-2)16-4-9-21(25-11-10-19(26)14-25)20(12-16)24-18-7-5-17(23)6-8-18/h4-9,12,15,19,24,26H,3,10-11,13-14H2,1-2H3. The molecule has 2 aromatic carbocycles. The molecule has 2 atom stereocenters. The Morgan fingerprint density at radius 3 is 2.68 bits per heavy atom. The predicted octanol–water partition coefficient (Wildman–Crippen LogP) is 4.71. The number of aliphatic hydroxyl groups excluding tert-OH is 1. The summed E-state index contributed by atoms with van der Waals surface area (Å²) in [6, 6.07) is 13.8. The van der Waals surface area contributed by atoms with Crippen molar-refractivity contribution in [2.75, 3.05) is 30.4 Å². The zero-order valence-corrected chi connectivity index (χ0v) is 17.1. The number of β-amino-alcohol motifs (C(OH)–C–C–N with tert-alkyl or cyclic N) is 1. The molecule has 28 heavy (non-hydrogen) atoms. The van der Waals surface area contributed by atoms with Crippen LogP contribution in [0.1, 0.15) is 37.7 Å². The van der Waals surface area contributed by atoms with Gasteiger partial charge in [-0.2, -0.15) is 0 Å². The number of nitrogens with one attached hydrogen (secondary N) is 1. The van der Waals surface area contributed by atoms with Crippen LogP contribution in [0.25, 0.3) is 0 Å². The molecule has 0 bridgehead atoms. The molecule has 1 fully saturated rings. The Morgan fingerprint density at radius 2 is 2.07 bits per heavy atom. The van der Waals surface area contributed by atoms with Crippen molar-refractivity contribution in [1.29, 1.82) is 0 Å². The number of carbonyl (C=O) groups excluding carboxylic acids is 1. The van der Waals surface area contributed by atoms with Crippen molar-refractivity contribution in [2.45, 2.75) is 38.2 Å². The number of carbonyl (C=O) groups is 1. The SMILES string of the molecule is CCC(CC(=O)OC)c1ccc(N2CCC(O)C2)c(Nc2ccc(Cl)cc2)c1. The number of aliphatic hydroxyl groups is 1. The number of anilines is 3. The van der Waals surface area contributed by atoms with Crippen molar-refractivity contribution in [3.8, 4) is 0 Å². The van der Waals surface area contributed by atoms with Crippen molar-refractivity contribution in [1.82, 2.24) is 0 Å². The Bertz CT molecular complexity index is 810. The summed E-state index contributed by atoms with van der Waals surface area (Å²) in [5.41, 5.74) is 4.02. The fourth-order valence-electron chi connectivity index (χ4n) is 3.62. The number of benzene rings is 2. The monoisotopic (exact) mass is 402 g/mol. The van der Waals surface area contributed by atoms with E-state index in [1.165, 1.54) is 7.11 Å². The molecular weight excluding hydrogens is 376 g/mol. The van der Waals surface area contributed by atoms with Crippen molar-refractivity contribution >= 4 is 34.6 Å². The second kappa shape index (κ2) is 9.30. The van der Waals surface area contributed by atoms with Gasteiger partial charge in [-0.25, -0.2) is 0 Å². The summed E-state index contributed by atoms with van der Waals surface area (Å²) in [5.74, 6) is -0.109. The van der Waals surface area contributed by atoms with Crippen LogP contribution in [-0.2, 0) is 9.53 Å². The van der Waals surface area contributed by atoms with Gasteiger partial charge in [-0.05, 0) is 60.7 Å². The first-order valence-corrected chi connectivity index (χ1v) is 10.0. The number of ether oxygens (including phenoxy) is 1. The maximum Gasteiger partial charge on any atom is 0.306 e. The average molecular weight is 403 g/mol. The normalized spacial score (nSPS) is 17.4. The summed E-state index contributed by atoms with van der Waals surface area (Å²) in [6.45, 7) is 3.51. The van der Waals surface area contributed by atoms with Crippen LogP contribution in [0, 0.1) is 0 Å². The zero-order valence-electron chi connectivity index (χ0n) is 16.3. The Morgan fingerprint density at radius 1 is 1.32 bits per heavy atom. The molecule has 0 spiro atoms. The van der Waals surface area contributed by atoms with Crippen molar-refractivity contribution in [3.05, 3.63) is 53.1 Å². The van der Waals surface area contributed by atoms with Crippen LogP contribution in [0.5, 0.6) is 0 Å². The van der Waals surface area contributed by atoms with Crippen molar-refractivity contribution in [3.63, 3.8) is 0 Å². The van der Waals surface area contributed by atoms with E-state index >= 15 is 0 Å². The minimum absolute atomic E-state index is 0.0939. The van der Waals surface area contributed by atoms with Crippen LogP contribution in [0.3, 0.4) is 0 Å². The van der Waals surface area contributed by atoms with Crippen LogP contribution >= 0.6 is 11.6 Å². The summed E-state index contributed by atoms with van der Waals surface area (Å²) in [7, 11) is 1.42. The quantitative estimate of drug-likeness (QED) is 0.656. The van der Waals surface area contributed by atoms with E-state index in [0.717, 1.165) is 42.0 Å². The lowest BCUT2D eigenvalue weighted by Crippen LogP contribution is -2.22. The van der Waals surface area contributed by atoms with E-state index in [9.17, 15) is 9.90 Å². The van der Waals surface area contributed by atoms with E-state index in [0.29, 0.717) is 18.0 Å². The third kappa shape index (κ3) is 4.97. The van der Waals surface area contributed by atoms with E-state index in [-0.39, 0.29) is 18.0 Å². The lowest BCUT2D eigenvalue weighted by molar-refractivity contribution is -0.141. The molecule has 5 nitrogen and oxygen atoms in total. The van der Waals surface area contributed by atoms with E-state index in [2.05, 4.69) is 35.3 Å². The zero-order chi connectivity index (χ0) is 20.1. The number of rotatable bonds is 7. The van der Waals surface area contributed by atoms with Crippen LogP contribution in [-0.4, -0.2) is 37.4 Å². The highest BCUT2D eigenvalue weighted by atomic mass is 35.5. The smallest absolute Gasteiger partial charge is 0.306 e. The molecule has 0 amide bonds. The molecule has 1 aliphatic heterocycles. The Kier molecular flexibility index (Phi) is 6.81. The van der Waals surface area contributed by atoms with Gasteiger partial charge in [0.15, 0.2) is 0 Å². The van der Waals surface area contributed by atoms with Crippen LogP contribution < -0.4 is 10.2 Å². The van der Waals surface area contributed by atoms with E-state index in [4.69, 9.17) is 16.3 Å². The van der Waals surface area contributed by atoms with Gasteiger partial charge in [0.25, 0.3) is 0 Å². The lowest BCUT2D eigenvalue weighted by Gasteiger charge is -2.24. The summed E-state index contributed by atoms with van der Waals surface area (Å²) in [6.07, 6.45) is 1.67. The highest BCUT2D eigenvalue weighted by molar-refractivity contribution is 6.30. The molecule has 0 saturated carbocycles. The lowest BCUT2D eigenvalue weighted by atomic mass is 9.92. The maximum absolute atomic E-state index is 11.8. The van der Waals surface area contributed by atoms with E-state index in [1.54, 1.807) is 0 Å². The average Bonchev–Trinajstić information content (AvgIpc) is 3.13. The summed E-state index contributed by atoms with van der Waals surface area (Å²) in [4.78, 5) is 14.0. The predicted molar refractivity (Wildman–Crippen MR) is 114 cm³/mol. The molecular formula is C22H27ClN2O3. The summed E-state index contributed by atoms with van der Waals surface area (Å²) < 4.78 is 4.85. The van der Waals surface area contributed by atoms with Gasteiger partial charge in [0, 0.05) is 23.8 Å². The Hall–Kier alpha value is -2.24. The second-order valence-electron chi connectivity index (χ2n) is 7.18. The molecule has 1 aliphatic rings. The minimum atomic E-state index is -0.300. The van der Waals surface area contributed by atoms with Gasteiger partial charge in [0.2, 0.25) is 0 Å². The largest absolute Gasteiger partial charge is 0.469 e. The van der Waals surface area contributed by atoms with Gasteiger partial charge in [0.1, 0.15) is 0 Å². The van der Waals surface area contributed by atoms with Crippen molar-refractivity contribution in [2.24, 2.45) is 0 Å². The molecule has 3 rings (SSSR count). The van der Waals surface area contributed by atoms with Gasteiger partial charge in [0.05, 0.1) is 31.0 Å². The fourth-order valence-corrected chi connectivity index (χ4v) is 3.74. The number of nitrogens with zero attached hydrogens (tertiary/aromatic N) is 1. The van der Waals surface area contributed by atoms with Crippen LogP contribution in [0.2, 0.25) is 5.02 Å². The molecule has 6 heteroatoms. The van der Waals surface area contributed by atoms with Gasteiger partial charge in [-0.15, -0.1) is 0 Å². The maximum atomic E-state index is 11.8. The molecule has 2 aromatic rings. The number of methoxy groups -OCH3 is 1. The Labute approximate surface area is 171 Å². The van der Waals surface area contributed by atoms with Crippen LogP contribution in [0.15, 0.2) is 42.5 Å². The molecule has 0 aromatic heterocycles. The minimum Gasteiger partial charge on any atom is -0.469 e. The number of hydrogen-bond acceptors (Lipinski definition) is 5. The Balaban J connectivity index is 1.93. The third-order valence-electron chi connectivity index (χ3n) is 5.25. The second-order valence-corrected chi connectivity index (χ2v) is 7.62. The van der Waals surface area contributed by atoms with Gasteiger partial charge >= 0.3 is 5.97 Å². The van der Waals surface area contributed by atoms with E-state index in [1.807, 2.05) is 24.3 Å². The molecule has 1 heterocycles. The van der Waals surface area contributed by atoms with Gasteiger partial charge in [-0.3, -0.25) is 4.79 Å². The molecule has 2 unspecified atom stereocenters. The van der Waals surface area contributed by atoms with Crippen LogP contribution in [0.4, 0.5) is 17.1 Å². The van der Waals surface area contributed by atoms with E-state index < -0.39 is 0 Å². The van der Waals surface area contributed by atoms with Gasteiger partial charge in [-0.1, -0.05) is 24.6 Å². The highest BCUT2D eigenvalue weighted by Gasteiger charge is 2.24. The first-order valence-electron chi connectivity index (χ1n) is 9.66. The topological polar surface area (TPSA) is 61.8 Å².